The summed E-state index contributed by atoms with van der Waals surface area (Å²) in [6.45, 7) is 0.232. The molecular weight excluding hydrogens is 408 g/mol. The summed E-state index contributed by atoms with van der Waals surface area (Å²) in [5, 5.41) is 15.1. The molecule has 0 bridgehead atoms. The Labute approximate surface area is 182 Å². The molecule has 2 aromatic heterocycles. The first kappa shape index (κ1) is 19.2. The van der Waals surface area contributed by atoms with Crippen LogP contribution in [0.2, 0.25) is 0 Å². The van der Waals surface area contributed by atoms with E-state index in [1.807, 2.05) is 60.0 Å². The molecule has 1 N–H and O–H groups in total. The number of rotatable bonds is 4. The monoisotopic (exact) mass is 426 g/mol. The first-order chi connectivity index (χ1) is 15.1. The number of benzene rings is 2. The minimum Gasteiger partial charge on any atom is -0.507 e. The number of nitrogens with zero attached hydrogens (tertiary/aromatic N) is 2. The number of likely N-dealkylation sites (tertiary alicyclic amines) is 1. The van der Waals surface area contributed by atoms with Gasteiger partial charge in [0.25, 0.3) is 11.7 Å². The van der Waals surface area contributed by atoms with Gasteiger partial charge < -0.3 is 10.0 Å². The number of amides is 1. The van der Waals surface area contributed by atoms with Gasteiger partial charge in [-0.05, 0) is 39.9 Å². The van der Waals surface area contributed by atoms with Crippen molar-refractivity contribution in [2.24, 2.45) is 0 Å². The van der Waals surface area contributed by atoms with E-state index in [2.05, 4.69) is 4.98 Å². The van der Waals surface area contributed by atoms with E-state index in [-0.39, 0.29) is 17.9 Å². The Hall–Kier alpha value is -3.77. The third kappa shape index (κ3) is 3.41. The molecule has 1 aliphatic rings. The number of carbonyl (C=O) groups excluding carboxylic acids is 2. The smallest absolute Gasteiger partial charge is 0.295 e. The quantitative estimate of drug-likeness (QED) is 0.286. The number of fused-ring (bicyclic) bond motifs is 1. The van der Waals surface area contributed by atoms with Gasteiger partial charge in [-0.1, -0.05) is 48.5 Å². The summed E-state index contributed by atoms with van der Waals surface area (Å²) in [6.07, 6.45) is 3.34. The number of Topliss-reactive ketones (excluding diaryl/α,β-unsaturated/α-hetero) is 1. The lowest BCUT2D eigenvalue weighted by Crippen LogP contribution is -2.28. The highest BCUT2D eigenvalue weighted by Crippen LogP contribution is 2.42. The van der Waals surface area contributed by atoms with Gasteiger partial charge in [0.2, 0.25) is 0 Å². The Bertz CT molecular complexity index is 1310. The molecule has 3 heterocycles. The molecule has 31 heavy (non-hydrogen) atoms. The summed E-state index contributed by atoms with van der Waals surface area (Å²) < 4.78 is 0. The van der Waals surface area contributed by atoms with Crippen molar-refractivity contribution in [2.75, 3.05) is 0 Å². The van der Waals surface area contributed by atoms with Gasteiger partial charge in [-0.25, -0.2) is 0 Å². The van der Waals surface area contributed by atoms with E-state index in [4.69, 9.17) is 0 Å². The van der Waals surface area contributed by atoms with Gasteiger partial charge in [-0.15, -0.1) is 11.3 Å². The van der Waals surface area contributed by atoms with Crippen molar-refractivity contribution in [1.82, 2.24) is 9.88 Å². The van der Waals surface area contributed by atoms with Crippen LogP contribution in [0.15, 0.2) is 90.1 Å². The predicted octanol–water partition coefficient (Wildman–Crippen LogP) is 4.92. The standard InChI is InChI=1S/C25H18N2O3S/c28-23(19-10-9-17-6-1-2-7-18(17)13-19)21-22(20-8-4-12-31-20)27(25(30)24(21)29)15-16-5-3-11-26-14-16/h1-14,22,28H,15H2/b23-21-. The van der Waals surface area contributed by atoms with Gasteiger partial charge in [-0.2, -0.15) is 0 Å². The number of ketones is 1. The van der Waals surface area contributed by atoms with E-state index in [1.54, 1.807) is 24.5 Å². The van der Waals surface area contributed by atoms with E-state index in [0.717, 1.165) is 21.2 Å². The van der Waals surface area contributed by atoms with Crippen LogP contribution in [0.5, 0.6) is 0 Å². The largest absolute Gasteiger partial charge is 0.507 e. The van der Waals surface area contributed by atoms with Crippen LogP contribution >= 0.6 is 11.3 Å². The van der Waals surface area contributed by atoms with Gasteiger partial charge >= 0.3 is 0 Å². The maximum Gasteiger partial charge on any atom is 0.295 e. The van der Waals surface area contributed by atoms with Gasteiger partial charge in [0, 0.05) is 29.4 Å². The molecule has 0 radical (unpaired) electrons. The SMILES string of the molecule is O=C1C(=O)N(Cc2cccnc2)C(c2cccs2)/C1=C(/O)c1ccc2ccccc2c1. The Morgan fingerprint density at radius 3 is 2.58 bits per heavy atom. The van der Waals surface area contributed by atoms with E-state index in [0.29, 0.717) is 5.56 Å². The second-order valence-corrected chi connectivity index (χ2v) is 8.34. The number of aromatic nitrogens is 1. The molecule has 1 fully saturated rings. The van der Waals surface area contributed by atoms with Gasteiger partial charge in [0.1, 0.15) is 5.76 Å². The molecule has 2 aromatic carbocycles. The van der Waals surface area contributed by atoms with Crippen LogP contribution in [0.3, 0.4) is 0 Å². The van der Waals surface area contributed by atoms with Gasteiger partial charge in [0.05, 0.1) is 11.6 Å². The summed E-state index contributed by atoms with van der Waals surface area (Å²) in [5.41, 5.74) is 1.45. The molecule has 0 spiro atoms. The molecule has 0 aliphatic carbocycles. The maximum atomic E-state index is 13.1. The van der Waals surface area contributed by atoms with Crippen LogP contribution in [0, 0.1) is 0 Å². The van der Waals surface area contributed by atoms with Gasteiger partial charge in [-0.3, -0.25) is 14.6 Å². The van der Waals surface area contributed by atoms with Crippen LogP contribution in [0.4, 0.5) is 0 Å². The topological polar surface area (TPSA) is 70.5 Å². The van der Waals surface area contributed by atoms with Crippen LogP contribution in [0.25, 0.3) is 16.5 Å². The Kier molecular flexibility index (Phi) is 4.84. The fourth-order valence-corrected chi connectivity index (χ4v) is 4.81. The van der Waals surface area contributed by atoms with Crippen molar-refractivity contribution in [1.29, 1.82) is 0 Å². The lowest BCUT2D eigenvalue weighted by molar-refractivity contribution is -0.140. The zero-order valence-electron chi connectivity index (χ0n) is 16.4. The lowest BCUT2D eigenvalue weighted by atomic mass is 9.98. The Morgan fingerprint density at radius 1 is 1.00 bits per heavy atom. The average molecular weight is 426 g/mol. The van der Waals surface area contributed by atoms with Gasteiger partial charge in [0.15, 0.2) is 0 Å². The number of thiophene rings is 1. The first-order valence-corrected chi connectivity index (χ1v) is 10.7. The Morgan fingerprint density at radius 2 is 1.84 bits per heavy atom. The summed E-state index contributed by atoms with van der Waals surface area (Å²) in [4.78, 5) is 32.5. The molecule has 5 nitrogen and oxygen atoms in total. The fraction of sp³-hybridized carbons (Fsp3) is 0.0800. The normalized spacial score (nSPS) is 18.1. The van der Waals surface area contributed by atoms with Crippen LogP contribution in [-0.2, 0) is 16.1 Å². The summed E-state index contributed by atoms with van der Waals surface area (Å²) >= 11 is 1.45. The second kappa shape index (κ2) is 7.81. The molecular formula is C25H18N2O3S. The van der Waals surface area contributed by atoms with E-state index in [1.165, 1.54) is 16.2 Å². The molecule has 1 amide bonds. The zero-order valence-corrected chi connectivity index (χ0v) is 17.3. The van der Waals surface area contributed by atoms with Crippen molar-refractivity contribution in [3.63, 3.8) is 0 Å². The fourth-order valence-electron chi connectivity index (χ4n) is 3.97. The number of aliphatic hydroxyl groups excluding tert-OH is 1. The molecule has 1 saturated heterocycles. The van der Waals surface area contributed by atoms with Crippen molar-refractivity contribution in [3.05, 3.63) is 106 Å². The van der Waals surface area contributed by atoms with E-state index >= 15 is 0 Å². The highest BCUT2D eigenvalue weighted by molar-refractivity contribution is 7.10. The molecule has 1 atom stereocenters. The predicted molar refractivity (Wildman–Crippen MR) is 120 cm³/mol. The molecule has 152 valence electrons. The van der Waals surface area contributed by atoms with E-state index in [9.17, 15) is 14.7 Å². The number of aliphatic hydroxyl groups is 1. The minimum atomic E-state index is -0.673. The highest BCUT2D eigenvalue weighted by atomic mass is 32.1. The Balaban J connectivity index is 1.64. The zero-order chi connectivity index (χ0) is 21.4. The molecule has 1 unspecified atom stereocenters. The molecule has 5 rings (SSSR count). The second-order valence-electron chi connectivity index (χ2n) is 7.37. The van der Waals surface area contributed by atoms with Crippen LogP contribution < -0.4 is 0 Å². The highest BCUT2D eigenvalue weighted by Gasteiger charge is 2.46. The maximum absolute atomic E-state index is 13.1. The molecule has 1 aliphatic heterocycles. The third-order valence-corrected chi connectivity index (χ3v) is 6.38. The molecule has 6 heteroatoms. The number of hydrogen-bond acceptors (Lipinski definition) is 5. The van der Waals surface area contributed by atoms with E-state index < -0.39 is 17.7 Å². The third-order valence-electron chi connectivity index (χ3n) is 5.45. The number of carbonyl (C=O) groups is 2. The van der Waals surface area contributed by atoms with Crippen molar-refractivity contribution in [3.8, 4) is 0 Å². The number of hydrogen-bond donors (Lipinski definition) is 1. The average Bonchev–Trinajstić information content (AvgIpc) is 3.42. The summed E-state index contributed by atoms with van der Waals surface area (Å²) in [7, 11) is 0. The minimum absolute atomic E-state index is 0.117. The number of pyridine rings is 1. The molecule has 0 saturated carbocycles. The van der Waals surface area contributed by atoms with Crippen molar-refractivity contribution in [2.45, 2.75) is 12.6 Å². The first-order valence-electron chi connectivity index (χ1n) is 9.83. The van der Waals surface area contributed by atoms with Crippen molar-refractivity contribution < 1.29 is 14.7 Å². The molecule has 4 aromatic rings. The lowest BCUT2D eigenvalue weighted by Gasteiger charge is -2.24. The van der Waals surface area contributed by atoms with Crippen molar-refractivity contribution >= 4 is 39.6 Å². The van der Waals surface area contributed by atoms with Crippen LogP contribution in [-0.4, -0.2) is 26.7 Å². The van der Waals surface area contributed by atoms with Crippen LogP contribution in [0.1, 0.15) is 22.0 Å². The summed E-state index contributed by atoms with van der Waals surface area (Å²) in [5.74, 6) is -1.45. The summed E-state index contributed by atoms with van der Waals surface area (Å²) in [6, 6.07) is 20.1.